The molecule has 0 fully saturated rings. The van der Waals surface area contributed by atoms with E-state index in [-0.39, 0.29) is 0 Å². The highest BCUT2D eigenvalue weighted by atomic mass is 13.9. The van der Waals surface area contributed by atoms with Gasteiger partial charge in [-0.1, -0.05) is 66.3 Å². The first-order chi connectivity index (χ1) is 6.83. The Balaban J connectivity index is 2.60. The topological polar surface area (TPSA) is 0 Å². The van der Waals surface area contributed by atoms with Gasteiger partial charge in [-0.15, -0.1) is 0 Å². The van der Waals surface area contributed by atoms with E-state index in [9.17, 15) is 0 Å². The molecule has 0 nitrogen and oxygen atoms in total. The Morgan fingerprint density at radius 3 is 2.50 bits per heavy atom. The van der Waals surface area contributed by atoms with Gasteiger partial charge in [0.2, 0.25) is 0 Å². The van der Waals surface area contributed by atoms with Crippen LogP contribution in [0.3, 0.4) is 0 Å². The lowest BCUT2D eigenvalue weighted by atomic mass is 10.1. The van der Waals surface area contributed by atoms with Gasteiger partial charge in [-0.3, -0.25) is 0 Å². The zero-order valence-electron chi connectivity index (χ0n) is 8.77. The van der Waals surface area contributed by atoms with Gasteiger partial charge in [0.15, 0.2) is 0 Å². The van der Waals surface area contributed by atoms with E-state index in [0.717, 1.165) is 0 Å². The summed E-state index contributed by atoms with van der Waals surface area (Å²) in [5, 5.41) is 0. The minimum absolute atomic E-state index is 1.25. The first-order valence-corrected chi connectivity index (χ1v) is 4.85. The Labute approximate surface area is 86.3 Å². The summed E-state index contributed by atoms with van der Waals surface area (Å²) in [5.74, 6) is 0. The van der Waals surface area contributed by atoms with Gasteiger partial charge in [0, 0.05) is 0 Å². The number of aryl methyl sites for hydroxylation is 1. The molecule has 0 bridgehead atoms. The van der Waals surface area contributed by atoms with E-state index >= 15 is 0 Å². The van der Waals surface area contributed by atoms with E-state index in [0.29, 0.717) is 0 Å². The number of hydrogen-bond donors (Lipinski definition) is 0. The molecule has 0 aliphatic heterocycles. The second-order valence-electron chi connectivity index (χ2n) is 3.18. The summed E-state index contributed by atoms with van der Waals surface area (Å²) in [7, 11) is 0. The molecule has 0 aliphatic carbocycles. The molecule has 72 valence electrons. The van der Waals surface area contributed by atoms with Gasteiger partial charge in [-0.2, -0.15) is 0 Å². The predicted octanol–water partition coefficient (Wildman–Crippen LogP) is 4.14. The van der Waals surface area contributed by atoms with Gasteiger partial charge in [0.1, 0.15) is 0 Å². The van der Waals surface area contributed by atoms with Crippen molar-refractivity contribution in [2.24, 2.45) is 0 Å². The van der Waals surface area contributed by atoms with Crippen molar-refractivity contribution in [3.8, 4) is 0 Å². The van der Waals surface area contributed by atoms with Crippen LogP contribution in [0.2, 0.25) is 0 Å². The fourth-order valence-electron chi connectivity index (χ4n) is 1.18. The molecular formula is C14H16. The molecule has 0 radical (unpaired) electrons. The van der Waals surface area contributed by atoms with Crippen LogP contribution in [0.5, 0.6) is 0 Å². The largest absolute Gasteiger partial charge is 0.0877 e. The number of allylic oxidation sites excluding steroid dienone is 5. The second-order valence-corrected chi connectivity index (χ2v) is 3.18. The van der Waals surface area contributed by atoms with Crippen LogP contribution in [0.1, 0.15) is 18.1 Å². The molecule has 0 heterocycles. The van der Waals surface area contributed by atoms with Crippen LogP contribution in [-0.4, -0.2) is 0 Å². The van der Waals surface area contributed by atoms with Crippen LogP contribution < -0.4 is 0 Å². The molecule has 14 heavy (non-hydrogen) atoms. The van der Waals surface area contributed by atoms with Gasteiger partial charge in [0.25, 0.3) is 0 Å². The maximum absolute atomic E-state index is 2.17. The van der Waals surface area contributed by atoms with E-state index in [4.69, 9.17) is 0 Å². The lowest BCUT2D eigenvalue weighted by Crippen LogP contribution is -1.73. The third-order valence-corrected chi connectivity index (χ3v) is 1.86. The van der Waals surface area contributed by atoms with Crippen molar-refractivity contribution in [3.05, 3.63) is 65.8 Å². The maximum Gasteiger partial charge on any atom is -0.0254 e. The summed E-state index contributed by atoms with van der Waals surface area (Å²) in [6, 6.07) is 8.45. The molecule has 0 aliphatic rings. The molecule has 0 saturated carbocycles. The van der Waals surface area contributed by atoms with Crippen LogP contribution in [0.15, 0.2) is 54.6 Å². The standard InChI is InChI=1S/C14H16/c1-3-4-5-6-7-10-14-11-8-9-13(2)12-14/h3-12H,1-2H3/b4-3-,6-5-,10-7+. The Morgan fingerprint density at radius 2 is 1.79 bits per heavy atom. The normalized spacial score (nSPS) is 12.1. The molecule has 0 atom stereocenters. The molecule has 0 N–H and O–H groups in total. The average Bonchev–Trinajstić information content (AvgIpc) is 2.18. The van der Waals surface area contributed by atoms with Gasteiger partial charge >= 0.3 is 0 Å². The molecule has 1 aromatic carbocycles. The maximum atomic E-state index is 2.17. The highest BCUT2D eigenvalue weighted by Crippen LogP contribution is 2.05. The summed E-state index contributed by atoms with van der Waals surface area (Å²) in [5.41, 5.74) is 2.54. The molecule has 0 saturated heterocycles. The number of benzene rings is 1. The van der Waals surface area contributed by atoms with Crippen molar-refractivity contribution in [2.45, 2.75) is 13.8 Å². The quantitative estimate of drug-likeness (QED) is 0.619. The van der Waals surface area contributed by atoms with Crippen LogP contribution >= 0.6 is 0 Å². The third kappa shape index (κ3) is 3.90. The summed E-state index contributed by atoms with van der Waals surface area (Å²) >= 11 is 0. The smallest absolute Gasteiger partial charge is 0.0254 e. The summed E-state index contributed by atoms with van der Waals surface area (Å²) in [6.07, 6.45) is 12.2. The predicted molar refractivity (Wildman–Crippen MR) is 64.2 cm³/mol. The van der Waals surface area contributed by atoms with Crippen molar-refractivity contribution in [2.75, 3.05) is 0 Å². The number of rotatable bonds is 3. The van der Waals surface area contributed by atoms with Crippen molar-refractivity contribution < 1.29 is 0 Å². The number of hydrogen-bond acceptors (Lipinski definition) is 0. The van der Waals surface area contributed by atoms with Gasteiger partial charge in [-0.05, 0) is 19.4 Å². The van der Waals surface area contributed by atoms with Crippen LogP contribution in [-0.2, 0) is 0 Å². The highest BCUT2D eigenvalue weighted by Gasteiger charge is 1.84. The monoisotopic (exact) mass is 184 g/mol. The second kappa shape index (κ2) is 5.98. The molecule has 0 heteroatoms. The Morgan fingerprint density at radius 1 is 1.00 bits per heavy atom. The van der Waals surface area contributed by atoms with Crippen LogP contribution in [0.4, 0.5) is 0 Å². The molecule has 0 unspecified atom stereocenters. The van der Waals surface area contributed by atoms with E-state index in [1.807, 2.05) is 31.2 Å². The Bertz CT molecular complexity index is 354. The molecule has 0 spiro atoms. The molecular weight excluding hydrogens is 168 g/mol. The van der Waals surface area contributed by atoms with Crippen molar-refractivity contribution in [1.29, 1.82) is 0 Å². The molecule has 1 aromatic rings. The SMILES string of the molecule is C\C=C/C=C\C=C\c1cccc(C)c1. The van der Waals surface area contributed by atoms with E-state index < -0.39 is 0 Å². The first-order valence-electron chi connectivity index (χ1n) is 4.85. The van der Waals surface area contributed by atoms with Crippen LogP contribution in [0.25, 0.3) is 6.08 Å². The summed E-state index contributed by atoms with van der Waals surface area (Å²) < 4.78 is 0. The lowest BCUT2D eigenvalue weighted by molar-refractivity contribution is 1.46. The Hall–Kier alpha value is -1.56. The fraction of sp³-hybridized carbons (Fsp3) is 0.143. The molecule has 0 aromatic heterocycles. The van der Waals surface area contributed by atoms with E-state index in [2.05, 4.69) is 43.3 Å². The zero-order valence-corrected chi connectivity index (χ0v) is 8.77. The van der Waals surface area contributed by atoms with Crippen molar-refractivity contribution in [3.63, 3.8) is 0 Å². The summed E-state index contributed by atoms with van der Waals surface area (Å²) in [6.45, 7) is 4.11. The minimum Gasteiger partial charge on any atom is -0.0877 e. The third-order valence-electron chi connectivity index (χ3n) is 1.86. The minimum atomic E-state index is 1.25. The van der Waals surface area contributed by atoms with Gasteiger partial charge in [-0.25, -0.2) is 0 Å². The fourth-order valence-corrected chi connectivity index (χ4v) is 1.18. The van der Waals surface area contributed by atoms with Crippen molar-refractivity contribution in [1.82, 2.24) is 0 Å². The molecule has 0 amide bonds. The van der Waals surface area contributed by atoms with Gasteiger partial charge in [0.05, 0.1) is 0 Å². The highest BCUT2D eigenvalue weighted by molar-refractivity contribution is 5.52. The average molecular weight is 184 g/mol. The zero-order chi connectivity index (χ0) is 10.2. The van der Waals surface area contributed by atoms with E-state index in [1.165, 1.54) is 11.1 Å². The van der Waals surface area contributed by atoms with E-state index in [1.54, 1.807) is 0 Å². The summed E-state index contributed by atoms with van der Waals surface area (Å²) in [4.78, 5) is 0. The van der Waals surface area contributed by atoms with Crippen molar-refractivity contribution >= 4 is 6.08 Å². The Kier molecular flexibility index (Phi) is 4.49. The lowest BCUT2D eigenvalue weighted by Gasteiger charge is -1.93. The molecule has 1 rings (SSSR count). The van der Waals surface area contributed by atoms with Gasteiger partial charge < -0.3 is 0 Å². The van der Waals surface area contributed by atoms with Crippen LogP contribution in [0, 0.1) is 6.92 Å². The first kappa shape index (κ1) is 10.5.